The summed E-state index contributed by atoms with van der Waals surface area (Å²) in [4.78, 5) is 46.7. The number of benzene rings is 12. The monoisotopic (exact) mass is 2460 g/mol. The summed E-state index contributed by atoms with van der Waals surface area (Å²) < 4.78 is 12.5. The number of aliphatic hydroxyl groups excluding tert-OH is 2. The number of hydrogen-bond acceptors (Lipinski definition) is 12. The molecule has 4 radical (unpaired) electrons. The second kappa shape index (κ2) is 52.4. The number of para-hydroxylation sites is 2. The molecule has 0 aliphatic carbocycles. The third kappa shape index (κ3) is 29.3. The molecule has 0 aliphatic heterocycles. The van der Waals surface area contributed by atoms with Crippen molar-refractivity contribution in [2.45, 2.75) is 69.2 Å². The minimum absolute atomic E-state index is 0. The average Bonchev–Trinajstić information content (AvgIpc) is 1.61. The topological polar surface area (TPSA) is 178 Å². The fourth-order valence-electron chi connectivity index (χ4n) is 14.4. The maximum Gasteiger partial charge on any atom is 0.155 e. The Bertz CT molecular complexity index is 6900. The Kier molecular flexibility index (Phi) is 40.6. The Labute approximate surface area is 838 Å². The summed E-state index contributed by atoms with van der Waals surface area (Å²) in [6, 6.07) is 134. The molecule has 134 heavy (non-hydrogen) atoms. The van der Waals surface area contributed by atoms with Gasteiger partial charge in [-0.05, 0) is 189 Å². The van der Waals surface area contributed by atoms with Gasteiger partial charge in [0.05, 0.1) is 22.7 Å². The molecule has 20 aromatic rings. The largest absolute Gasteiger partial charge is 0.512 e. The van der Waals surface area contributed by atoms with Gasteiger partial charge in [0.1, 0.15) is 11.2 Å². The van der Waals surface area contributed by atoms with Crippen LogP contribution >= 0.6 is 0 Å². The van der Waals surface area contributed by atoms with Gasteiger partial charge in [-0.15, -0.1) is 180 Å². The molecular formula is C118H96Ir4N6O6-6. The predicted octanol–water partition coefficient (Wildman–Crippen LogP) is 29.7. The van der Waals surface area contributed by atoms with Crippen LogP contribution in [-0.4, -0.2) is 51.7 Å². The molecule has 2 N–H and O–H groups in total. The summed E-state index contributed by atoms with van der Waals surface area (Å²) in [7, 11) is 0. The summed E-state index contributed by atoms with van der Waals surface area (Å²) >= 11 is 0. The number of nitrogens with zero attached hydrogens (tertiary/aromatic N) is 6. The molecule has 0 aliphatic rings. The van der Waals surface area contributed by atoms with Gasteiger partial charge < -0.3 is 49.0 Å². The van der Waals surface area contributed by atoms with Crippen LogP contribution in [0.2, 0.25) is 0 Å². The molecule has 12 aromatic carbocycles. The zero-order valence-electron chi connectivity index (χ0n) is 75.5. The fourth-order valence-corrected chi connectivity index (χ4v) is 14.4. The smallest absolute Gasteiger partial charge is 0.155 e. The number of pyridine rings is 6. The van der Waals surface area contributed by atoms with Gasteiger partial charge in [-0.25, -0.2) is 0 Å². The van der Waals surface area contributed by atoms with Crippen LogP contribution in [0.1, 0.15) is 61.1 Å². The number of fused-ring (bicyclic) bond motifs is 6. The van der Waals surface area contributed by atoms with E-state index in [9.17, 15) is 9.59 Å². The second-order valence-electron chi connectivity index (χ2n) is 30.8. The standard InChI is InChI=1S/2C24H16NO.C19H16N.C18H14N.C12H10N.C11H8N.2C5H8O2.4Ir/c2*1-16-7-5-10-19-20-11-6-12-21(24(20)26-23(16)19)22-15-18(13-14-25-22)17-8-3-2-4-9-17;1-14-10-15(2)12-18(11-14)17-8-9-20-19(13-17)16-6-4-3-5-7-16;1-14-12-18(16-10-6-3-7-11-16)19-13-17(14)15-8-4-2-5-9-15;1-10-7-8-12(13-9-10)11-5-3-2-4-6-11;1-2-6-10(7-3-1)11-8-4-5-9-12-11;2*1-4(6)3-5(2)7;;;;/h2*2-11,13-15H,1H3;3-6,8-13H,1-2H3;2-10,12-13H,1H3;2-5,7-9H,1H3;1-6,8-9H;2*3,6H,1-2H3;;;;/q6*-1;;;;;;. The molecule has 0 bridgehead atoms. The Morgan fingerprint density at radius 2 is 0.634 bits per heavy atom. The van der Waals surface area contributed by atoms with E-state index in [0.717, 1.165) is 134 Å². The molecule has 0 unspecified atom stereocenters. The Hall–Kier alpha value is -13.8. The van der Waals surface area contributed by atoms with Crippen LogP contribution in [0, 0.1) is 77.9 Å². The number of rotatable bonds is 12. The molecule has 676 valence electrons. The molecule has 20 rings (SSSR count). The Balaban J connectivity index is 0.000000177. The van der Waals surface area contributed by atoms with E-state index >= 15 is 0 Å². The molecule has 0 spiro atoms. The summed E-state index contributed by atoms with van der Waals surface area (Å²) in [5, 5.41) is 21.2. The number of aromatic nitrogens is 6. The van der Waals surface area contributed by atoms with Crippen molar-refractivity contribution in [1.82, 2.24) is 29.9 Å². The minimum Gasteiger partial charge on any atom is -0.512 e. The first-order valence-electron chi connectivity index (χ1n) is 42.5. The molecule has 8 heterocycles. The van der Waals surface area contributed by atoms with Crippen molar-refractivity contribution < 1.29 is 109 Å². The van der Waals surface area contributed by atoms with Crippen LogP contribution in [-0.2, 0) is 90.0 Å². The molecule has 12 nitrogen and oxygen atoms in total. The summed E-state index contributed by atoms with van der Waals surface area (Å²) in [6.07, 6.45) is 13.5. The summed E-state index contributed by atoms with van der Waals surface area (Å²) in [6.45, 7) is 18.3. The van der Waals surface area contributed by atoms with Crippen LogP contribution in [0.4, 0.5) is 0 Å². The van der Waals surface area contributed by atoms with Crippen LogP contribution in [0.15, 0.2) is 409 Å². The van der Waals surface area contributed by atoms with Gasteiger partial charge in [0.2, 0.25) is 0 Å². The van der Waals surface area contributed by atoms with Crippen molar-refractivity contribution >= 4 is 55.4 Å². The number of aryl methyl sites for hydroxylation is 6. The van der Waals surface area contributed by atoms with Gasteiger partial charge in [0.15, 0.2) is 11.6 Å². The van der Waals surface area contributed by atoms with Crippen molar-refractivity contribution in [1.29, 1.82) is 0 Å². The van der Waals surface area contributed by atoms with Gasteiger partial charge in [0, 0.05) is 146 Å². The van der Waals surface area contributed by atoms with Crippen molar-refractivity contribution in [3.8, 4) is 112 Å². The molecule has 0 atom stereocenters. The number of furan rings is 2. The Morgan fingerprint density at radius 1 is 0.269 bits per heavy atom. The van der Waals surface area contributed by atoms with Crippen molar-refractivity contribution in [3.63, 3.8) is 0 Å². The van der Waals surface area contributed by atoms with E-state index in [1.54, 1.807) is 6.20 Å². The fraction of sp³-hybridized carbons (Fsp3) is 0.0847. The maximum atomic E-state index is 10.0. The molecule has 0 amide bonds. The molecular weight excluding hydrogens is 2370 g/mol. The van der Waals surface area contributed by atoms with E-state index in [4.69, 9.17) is 19.0 Å². The first-order valence-corrected chi connectivity index (χ1v) is 42.5. The van der Waals surface area contributed by atoms with E-state index in [0.29, 0.717) is 0 Å². The number of allylic oxidation sites excluding steroid dienone is 4. The number of ketones is 2. The van der Waals surface area contributed by atoms with Gasteiger partial charge in [-0.2, -0.15) is 0 Å². The predicted molar refractivity (Wildman–Crippen MR) is 530 cm³/mol. The average molecular weight is 2460 g/mol. The third-order valence-corrected chi connectivity index (χ3v) is 20.4. The molecule has 16 heteroatoms. The van der Waals surface area contributed by atoms with E-state index < -0.39 is 0 Å². The number of carbonyl (C=O) groups is 2. The maximum absolute atomic E-state index is 10.0. The minimum atomic E-state index is -0.125. The molecule has 0 fully saturated rings. The van der Waals surface area contributed by atoms with Crippen LogP contribution in [0.5, 0.6) is 0 Å². The van der Waals surface area contributed by atoms with Crippen molar-refractivity contribution in [2.24, 2.45) is 0 Å². The van der Waals surface area contributed by atoms with Crippen LogP contribution < -0.4 is 0 Å². The second-order valence-corrected chi connectivity index (χ2v) is 30.8. The van der Waals surface area contributed by atoms with Crippen LogP contribution in [0.3, 0.4) is 0 Å². The number of hydrogen-bond donors (Lipinski definition) is 2. The first kappa shape index (κ1) is 104. The zero-order valence-corrected chi connectivity index (χ0v) is 85.1. The van der Waals surface area contributed by atoms with Gasteiger partial charge in [0.25, 0.3) is 0 Å². The third-order valence-electron chi connectivity index (χ3n) is 20.4. The normalized spacial score (nSPS) is 10.4. The van der Waals surface area contributed by atoms with E-state index in [1.165, 1.54) is 95.5 Å². The van der Waals surface area contributed by atoms with Crippen molar-refractivity contribution in [2.75, 3.05) is 0 Å². The van der Waals surface area contributed by atoms with Crippen molar-refractivity contribution in [3.05, 3.63) is 470 Å². The van der Waals surface area contributed by atoms with E-state index in [1.807, 2.05) is 238 Å². The first-order chi connectivity index (χ1) is 63.3. The molecule has 0 saturated heterocycles. The van der Waals surface area contributed by atoms with Crippen LogP contribution in [0.25, 0.3) is 156 Å². The number of aliphatic hydroxyl groups is 2. The zero-order chi connectivity index (χ0) is 91.1. The van der Waals surface area contributed by atoms with Gasteiger partial charge >= 0.3 is 0 Å². The molecule has 8 aromatic heterocycles. The molecule has 0 saturated carbocycles. The summed E-state index contributed by atoms with van der Waals surface area (Å²) in [5.41, 5.74) is 31.8. The number of carbonyl (C=O) groups excluding carboxylic acids is 2. The van der Waals surface area contributed by atoms with E-state index in [2.05, 4.69) is 240 Å². The SMILES string of the molecule is CC(=O)C=C(C)O.CC(=O)C=C(C)O.Cc1cc(-c2[c-]cccc2)ncc1-c1ccccc1.Cc1cc(C)cc(-c2ccnc(-c3[c-]cccc3)c2)c1.Cc1ccc(-c2[c-]cccc2)nc1.Cc1cccc2c1oc1c(-c3cc(-c4ccccc4)ccn3)[c-]ccc12.Cc1cccc2c1oc1c(-c3cc(-c4ccccc4)ccn3)[c-]ccc12.[Ir].[Ir].[Ir].[Ir].[c-]1ccccc1-c1ccccn1. The van der Waals surface area contributed by atoms with Gasteiger partial charge in [-0.3, -0.25) is 9.59 Å². The summed E-state index contributed by atoms with van der Waals surface area (Å²) in [5.74, 6) is -0.125. The Morgan fingerprint density at radius 3 is 1.01 bits per heavy atom. The quantitative estimate of drug-likeness (QED) is 0.0673. The van der Waals surface area contributed by atoms with E-state index in [-0.39, 0.29) is 104 Å². The van der Waals surface area contributed by atoms with Gasteiger partial charge in [-0.1, -0.05) is 227 Å².